The van der Waals surface area contributed by atoms with Crippen LogP contribution in [0.5, 0.6) is 5.75 Å². The maximum absolute atomic E-state index is 12.5. The Kier molecular flexibility index (Phi) is 2.86. The van der Waals surface area contributed by atoms with E-state index in [9.17, 15) is 13.2 Å². The van der Waals surface area contributed by atoms with Gasteiger partial charge in [-0.2, -0.15) is 8.78 Å². The molecule has 0 saturated heterocycles. The Hall–Kier alpha value is -0.840. The summed E-state index contributed by atoms with van der Waals surface area (Å²) in [6, 6.07) is 3.17. The van der Waals surface area contributed by atoms with Gasteiger partial charge in [-0.15, -0.1) is 12.6 Å². The van der Waals surface area contributed by atoms with Crippen molar-refractivity contribution in [3.05, 3.63) is 24.0 Å². The summed E-state index contributed by atoms with van der Waals surface area (Å²) in [4.78, 5) is 0.241. The smallest absolute Gasteiger partial charge is 0.387 e. The highest BCUT2D eigenvalue weighted by Gasteiger charge is 2.05. The number of hydrogen-bond acceptors (Lipinski definition) is 2. The molecular formula is C7H5F3OS. The number of benzene rings is 1. The molecule has 0 spiro atoms. The highest BCUT2D eigenvalue weighted by Crippen LogP contribution is 2.20. The monoisotopic (exact) mass is 194 g/mol. The Morgan fingerprint density at radius 2 is 1.92 bits per heavy atom. The lowest BCUT2D eigenvalue weighted by molar-refractivity contribution is -0.0501. The third-order valence-electron chi connectivity index (χ3n) is 1.08. The predicted octanol–water partition coefficient (Wildman–Crippen LogP) is 2.72. The van der Waals surface area contributed by atoms with E-state index in [2.05, 4.69) is 17.4 Å². The number of ether oxygens (including phenoxy) is 1. The molecule has 0 atom stereocenters. The minimum absolute atomic E-state index is 0.227. The van der Waals surface area contributed by atoms with E-state index in [1.807, 2.05) is 0 Å². The molecule has 0 bridgehead atoms. The molecule has 1 nitrogen and oxygen atoms in total. The van der Waals surface area contributed by atoms with Gasteiger partial charge in [0.25, 0.3) is 0 Å². The van der Waals surface area contributed by atoms with Gasteiger partial charge in [0.2, 0.25) is 0 Å². The largest absolute Gasteiger partial charge is 0.435 e. The van der Waals surface area contributed by atoms with Crippen LogP contribution in [0.1, 0.15) is 0 Å². The van der Waals surface area contributed by atoms with Gasteiger partial charge in [-0.25, -0.2) is 4.39 Å². The van der Waals surface area contributed by atoms with Crippen LogP contribution in [0, 0.1) is 5.82 Å². The fourth-order valence-corrected chi connectivity index (χ4v) is 0.969. The number of thiol groups is 1. The van der Waals surface area contributed by atoms with Crippen molar-refractivity contribution < 1.29 is 17.9 Å². The molecule has 0 aromatic heterocycles. The third-order valence-corrected chi connectivity index (χ3v) is 1.34. The van der Waals surface area contributed by atoms with Crippen molar-refractivity contribution in [3.8, 4) is 5.75 Å². The Bertz CT molecular complexity index is 257. The molecule has 0 amide bonds. The zero-order chi connectivity index (χ0) is 9.14. The number of hydrogen-bond donors (Lipinski definition) is 1. The fourth-order valence-electron chi connectivity index (χ4n) is 0.719. The van der Waals surface area contributed by atoms with Crippen molar-refractivity contribution in [1.29, 1.82) is 0 Å². The average Bonchev–Trinajstić information content (AvgIpc) is 1.81. The van der Waals surface area contributed by atoms with Crippen molar-refractivity contribution in [1.82, 2.24) is 0 Å². The molecule has 12 heavy (non-hydrogen) atoms. The molecule has 0 aliphatic carbocycles. The molecule has 1 aromatic carbocycles. The van der Waals surface area contributed by atoms with Crippen LogP contribution in [0.4, 0.5) is 13.2 Å². The maximum atomic E-state index is 12.5. The Morgan fingerprint density at radius 1 is 1.25 bits per heavy atom. The lowest BCUT2D eigenvalue weighted by Crippen LogP contribution is -2.01. The van der Waals surface area contributed by atoms with E-state index in [1.54, 1.807) is 0 Å². The van der Waals surface area contributed by atoms with Crippen LogP contribution in [0.25, 0.3) is 0 Å². The Morgan fingerprint density at radius 3 is 2.42 bits per heavy atom. The van der Waals surface area contributed by atoms with Gasteiger partial charge in [-0.05, 0) is 12.1 Å². The molecule has 0 fully saturated rings. The molecule has 1 aromatic rings. The lowest BCUT2D eigenvalue weighted by Gasteiger charge is -2.04. The van der Waals surface area contributed by atoms with E-state index in [-0.39, 0.29) is 10.6 Å². The van der Waals surface area contributed by atoms with Gasteiger partial charge >= 0.3 is 6.61 Å². The van der Waals surface area contributed by atoms with Crippen molar-refractivity contribution in [2.75, 3.05) is 0 Å². The Balaban J connectivity index is 2.85. The van der Waals surface area contributed by atoms with Crippen LogP contribution in [0.3, 0.4) is 0 Å². The molecule has 0 aliphatic rings. The van der Waals surface area contributed by atoms with Gasteiger partial charge in [0.05, 0.1) is 0 Å². The zero-order valence-corrected chi connectivity index (χ0v) is 6.69. The van der Waals surface area contributed by atoms with Crippen LogP contribution in [0.2, 0.25) is 0 Å². The van der Waals surface area contributed by atoms with Crippen molar-refractivity contribution in [3.63, 3.8) is 0 Å². The van der Waals surface area contributed by atoms with Gasteiger partial charge in [0, 0.05) is 11.0 Å². The SMILES string of the molecule is Fc1cc(S)cc(OC(F)F)c1. The summed E-state index contributed by atoms with van der Waals surface area (Å²) in [5, 5.41) is 0. The van der Waals surface area contributed by atoms with Crippen LogP contribution < -0.4 is 4.74 Å². The van der Waals surface area contributed by atoms with Gasteiger partial charge in [-0.3, -0.25) is 0 Å². The van der Waals surface area contributed by atoms with Crippen LogP contribution >= 0.6 is 12.6 Å². The van der Waals surface area contributed by atoms with Crippen LogP contribution in [-0.2, 0) is 0 Å². The summed E-state index contributed by atoms with van der Waals surface area (Å²) in [5.41, 5.74) is 0. The maximum Gasteiger partial charge on any atom is 0.387 e. The zero-order valence-electron chi connectivity index (χ0n) is 5.80. The first-order chi connectivity index (χ1) is 5.58. The molecule has 0 saturated carbocycles. The lowest BCUT2D eigenvalue weighted by atomic mass is 10.3. The van der Waals surface area contributed by atoms with Crippen LogP contribution in [0.15, 0.2) is 23.1 Å². The normalized spacial score (nSPS) is 10.4. The van der Waals surface area contributed by atoms with E-state index in [0.717, 1.165) is 12.1 Å². The topological polar surface area (TPSA) is 9.23 Å². The van der Waals surface area contributed by atoms with E-state index in [4.69, 9.17) is 0 Å². The van der Waals surface area contributed by atoms with Gasteiger partial charge in [-0.1, -0.05) is 0 Å². The van der Waals surface area contributed by atoms with Crippen molar-refractivity contribution >= 4 is 12.6 Å². The van der Waals surface area contributed by atoms with Gasteiger partial charge in [0.15, 0.2) is 0 Å². The molecule has 0 heterocycles. The van der Waals surface area contributed by atoms with Crippen LogP contribution in [-0.4, -0.2) is 6.61 Å². The number of rotatable bonds is 2. The van der Waals surface area contributed by atoms with E-state index in [1.165, 1.54) is 6.07 Å². The van der Waals surface area contributed by atoms with E-state index < -0.39 is 12.4 Å². The summed E-state index contributed by atoms with van der Waals surface area (Å²) in [7, 11) is 0. The van der Waals surface area contributed by atoms with Crippen molar-refractivity contribution in [2.24, 2.45) is 0 Å². The molecule has 5 heteroatoms. The second-order valence-corrected chi connectivity index (χ2v) is 2.54. The minimum Gasteiger partial charge on any atom is -0.435 e. The molecule has 0 radical (unpaired) electrons. The van der Waals surface area contributed by atoms with E-state index in [0.29, 0.717) is 0 Å². The average molecular weight is 194 g/mol. The molecular weight excluding hydrogens is 189 g/mol. The third kappa shape index (κ3) is 2.65. The number of alkyl halides is 2. The molecule has 66 valence electrons. The summed E-state index contributed by atoms with van der Waals surface area (Å²) in [5.74, 6) is -0.881. The van der Waals surface area contributed by atoms with Crippen molar-refractivity contribution in [2.45, 2.75) is 11.5 Å². The summed E-state index contributed by atoms with van der Waals surface area (Å²) >= 11 is 3.78. The molecule has 1 rings (SSSR count). The first-order valence-electron chi connectivity index (χ1n) is 3.02. The standard InChI is InChI=1S/C7H5F3OS/c8-4-1-5(11-7(9)10)3-6(12)2-4/h1-3,7,12H. The summed E-state index contributed by atoms with van der Waals surface area (Å²) < 4.78 is 39.7. The highest BCUT2D eigenvalue weighted by atomic mass is 32.1. The number of halogens is 3. The molecule has 0 N–H and O–H groups in total. The highest BCUT2D eigenvalue weighted by molar-refractivity contribution is 7.80. The first-order valence-corrected chi connectivity index (χ1v) is 3.47. The fraction of sp³-hybridized carbons (Fsp3) is 0.143. The molecule has 0 unspecified atom stereocenters. The Labute approximate surface area is 72.6 Å². The first kappa shape index (κ1) is 9.25. The second kappa shape index (κ2) is 3.71. The summed E-state index contributed by atoms with van der Waals surface area (Å²) in [6.45, 7) is -2.94. The predicted molar refractivity (Wildman–Crippen MR) is 40.3 cm³/mol. The molecule has 0 aliphatic heterocycles. The minimum atomic E-state index is -2.94. The summed E-state index contributed by atoms with van der Waals surface area (Å²) in [6.07, 6.45) is 0. The van der Waals surface area contributed by atoms with Gasteiger partial charge < -0.3 is 4.74 Å². The van der Waals surface area contributed by atoms with E-state index >= 15 is 0 Å². The van der Waals surface area contributed by atoms with Gasteiger partial charge in [0.1, 0.15) is 11.6 Å². The second-order valence-electron chi connectivity index (χ2n) is 2.02. The quantitative estimate of drug-likeness (QED) is 0.712.